The number of hydrogen-bond acceptors (Lipinski definition) is 6. The van der Waals surface area contributed by atoms with E-state index in [1.165, 1.54) is 5.56 Å². The summed E-state index contributed by atoms with van der Waals surface area (Å²) in [4.78, 5) is 14.6. The monoisotopic (exact) mass is 422 g/mol. The van der Waals surface area contributed by atoms with Crippen molar-refractivity contribution in [2.75, 3.05) is 40.0 Å². The standard InChI is InChI=1S/C25H30N2O4/c1-17-4-9-22-20(14-24(28)31-25(22)18(17)2)15-26-16-23(27-10-12-30-13-11-27)19-5-7-21(29-3)8-6-19/h4-9,14,23,26H,10-13,15-16H2,1-3H3/t23-/m0/s1. The van der Waals surface area contributed by atoms with Crippen LogP contribution in [0, 0.1) is 13.8 Å². The zero-order chi connectivity index (χ0) is 21.8. The molecule has 1 aliphatic heterocycles. The number of nitrogens with zero attached hydrogens (tertiary/aromatic N) is 1. The molecule has 1 aliphatic rings. The third-order valence-corrected chi connectivity index (χ3v) is 6.16. The molecule has 0 spiro atoms. The van der Waals surface area contributed by atoms with Crippen LogP contribution in [0.25, 0.3) is 11.0 Å². The molecular formula is C25H30N2O4. The van der Waals surface area contributed by atoms with Crippen molar-refractivity contribution in [3.05, 3.63) is 75.1 Å². The maximum absolute atomic E-state index is 12.2. The lowest BCUT2D eigenvalue weighted by molar-refractivity contribution is 0.0161. The lowest BCUT2D eigenvalue weighted by Gasteiger charge is -2.35. The Labute approximate surface area is 182 Å². The average molecular weight is 423 g/mol. The van der Waals surface area contributed by atoms with Gasteiger partial charge in [-0.2, -0.15) is 0 Å². The van der Waals surface area contributed by atoms with Crippen LogP contribution >= 0.6 is 0 Å². The minimum Gasteiger partial charge on any atom is -0.497 e. The number of aryl methyl sites for hydroxylation is 2. The van der Waals surface area contributed by atoms with Crippen LogP contribution in [-0.2, 0) is 11.3 Å². The van der Waals surface area contributed by atoms with Crippen LogP contribution in [0.4, 0.5) is 0 Å². The molecule has 1 N–H and O–H groups in total. The van der Waals surface area contributed by atoms with Crippen molar-refractivity contribution in [1.82, 2.24) is 10.2 Å². The van der Waals surface area contributed by atoms with Gasteiger partial charge in [0.05, 0.1) is 20.3 Å². The number of benzene rings is 2. The Balaban J connectivity index is 1.55. The molecule has 0 aliphatic carbocycles. The van der Waals surface area contributed by atoms with Crippen LogP contribution in [0.1, 0.15) is 28.3 Å². The Morgan fingerprint density at radius 1 is 1.10 bits per heavy atom. The number of methoxy groups -OCH3 is 1. The molecule has 31 heavy (non-hydrogen) atoms. The molecule has 2 heterocycles. The van der Waals surface area contributed by atoms with Gasteiger partial charge in [0.15, 0.2) is 0 Å². The SMILES string of the molecule is COc1ccc([C@H](CNCc2cc(=O)oc3c(C)c(C)ccc23)N2CCOCC2)cc1. The third kappa shape index (κ3) is 4.82. The number of rotatable bonds is 7. The van der Waals surface area contributed by atoms with E-state index >= 15 is 0 Å². The van der Waals surface area contributed by atoms with Crippen molar-refractivity contribution in [2.24, 2.45) is 0 Å². The van der Waals surface area contributed by atoms with Gasteiger partial charge in [0, 0.05) is 43.7 Å². The summed E-state index contributed by atoms with van der Waals surface area (Å²) in [6.07, 6.45) is 0. The van der Waals surface area contributed by atoms with E-state index < -0.39 is 0 Å². The van der Waals surface area contributed by atoms with Crippen LogP contribution in [0.2, 0.25) is 0 Å². The van der Waals surface area contributed by atoms with E-state index in [1.54, 1.807) is 13.2 Å². The Kier molecular flexibility index (Phi) is 6.70. The number of fused-ring (bicyclic) bond motifs is 1. The van der Waals surface area contributed by atoms with Gasteiger partial charge in [-0.15, -0.1) is 0 Å². The van der Waals surface area contributed by atoms with Crippen molar-refractivity contribution >= 4 is 11.0 Å². The van der Waals surface area contributed by atoms with Crippen LogP contribution in [0.5, 0.6) is 5.75 Å². The van der Waals surface area contributed by atoms with Gasteiger partial charge in [0.2, 0.25) is 0 Å². The number of nitrogens with one attached hydrogen (secondary N) is 1. The molecule has 6 heteroatoms. The first-order valence-electron chi connectivity index (χ1n) is 10.8. The van der Waals surface area contributed by atoms with E-state index in [1.807, 2.05) is 32.0 Å². The summed E-state index contributed by atoms with van der Waals surface area (Å²) < 4.78 is 16.4. The van der Waals surface area contributed by atoms with Crippen molar-refractivity contribution in [1.29, 1.82) is 0 Å². The van der Waals surface area contributed by atoms with Crippen LogP contribution < -0.4 is 15.7 Å². The first kappa shape index (κ1) is 21.6. The zero-order valence-electron chi connectivity index (χ0n) is 18.4. The predicted octanol–water partition coefficient (Wildman–Crippen LogP) is 3.58. The minimum absolute atomic E-state index is 0.213. The highest BCUT2D eigenvalue weighted by Gasteiger charge is 2.22. The molecule has 4 rings (SSSR count). The summed E-state index contributed by atoms with van der Waals surface area (Å²) in [5.41, 5.74) is 4.71. The second-order valence-electron chi connectivity index (χ2n) is 8.04. The maximum Gasteiger partial charge on any atom is 0.336 e. The minimum atomic E-state index is -0.308. The van der Waals surface area contributed by atoms with Gasteiger partial charge in [-0.3, -0.25) is 4.90 Å². The smallest absolute Gasteiger partial charge is 0.336 e. The topological polar surface area (TPSA) is 63.9 Å². The summed E-state index contributed by atoms with van der Waals surface area (Å²) in [6, 6.07) is 14.2. The van der Waals surface area contributed by atoms with Crippen molar-refractivity contribution in [3.8, 4) is 5.75 Å². The highest BCUT2D eigenvalue weighted by molar-refractivity contribution is 5.83. The first-order chi connectivity index (χ1) is 15.1. The van der Waals surface area contributed by atoms with Gasteiger partial charge < -0.3 is 19.2 Å². The number of morpholine rings is 1. The molecule has 0 amide bonds. The van der Waals surface area contributed by atoms with E-state index in [-0.39, 0.29) is 11.7 Å². The molecule has 2 aromatic carbocycles. The largest absolute Gasteiger partial charge is 0.497 e. The molecular weight excluding hydrogens is 392 g/mol. The lowest BCUT2D eigenvalue weighted by atomic mass is 10.0. The third-order valence-electron chi connectivity index (χ3n) is 6.16. The zero-order valence-corrected chi connectivity index (χ0v) is 18.4. The summed E-state index contributed by atoms with van der Waals surface area (Å²) in [5, 5.41) is 4.57. The summed E-state index contributed by atoms with van der Waals surface area (Å²) in [5.74, 6) is 0.852. The van der Waals surface area contributed by atoms with E-state index in [0.717, 1.165) is 60.7 Å². The molecule has 1 fully saturated rings. The fraction of sp³-hybridized carbons (Fsp3) is 0.400. The van der Waals surface area contributed by atoms with Crippen LogP contribution in [0.15, 0.2) is 51.7 Å². The fourth-order valence-corrected chi connectivity index (χ4v) is 4.19. The van der Waals surface area contributed by atoms with Gasteiger partial charge in [-0.05, 0) is 48.2 Å². The Bertz CT molecular complexity index is 1090. The first-order valence-corrected chi connectivity index (χ1v) is 10.8. The van der Waals surface area contributed by atoms with Gasteiger partial charge in [0.25, 0.3) is 0 Å². The van der Waals surface area contributed by atoms with Crippen molar-refractivity contribution in [2.45, 2.75) is 26.4 Å². The predicted molar refractivity (Wildman–Crippen MR) is 122 cm³/mol. The number of ether oxygens (including phenoxy) is 2. The highest BCUT2D eigenvalue weighted by atomic mass is 16.5. The van der Waals surface area contributed by atoms with E-state index in [2.05, 4.69) is 28.4 Å². The summed E-state index contributed by atoms with van der Waals surface area (Å²) in [6.45, 7) is 8.67. The van der Waals surface area contributed by atoms with Gasteiger partial charge in [0.1, 0.15) is 11.3 Å². The average Bonchev–Trinajstić information content (AvgIpc) is 2.80. The highest BCUT2D eigenvalue weighted by Crippen LogP contribution is 2.25. The van der Waals surface area contributed by atoms with E-state index in [9.17, 15) is 4.79 Å². The van der Waals surface area contributed by atoms with E-state index in [0.29, 0.717) is 12.1 Å². The van der Waals surface area contributed by atoms with Crippen LogP contribution in [-0.4, -0.2) is 44.9 Å². The second kappa shape index (κ2) is 9.64. The summed E-state index contributed by atoms with van der Waals surface area (Å²) in [7, 11) is 1.68. The van der Waals surface area contributed by atoms with Gasteiger partial charge in [-0.1, -0.05) is 24.3 Å². The Morgan fingerprint density at radius 3 is 2.55 bits per heavy atom. The Morgan fingerprint density at radius 2 is 1.84 bits per heavy atom. The van der Waals surface area contributed by atoms with E-state index in [4.69, 9.17) is 13.9 Å². The molecule has 0 unspecified atom stereocenters. The molecule has 0 saturated carbocycles. The molecule has 1 atom stereocenters. The summed E-state index contributed by atoms with van der Waals surface area (Å²) >= 11 is 0. The van der Waals surface area contributed by atoms with Crippen LogP contribution in [0.3, 0.4) is 0 Å². The second-order valence-corrected chi connectivity index (χ2v) is 8.04. The molecule has 164 valence electrons. The molecule has 0 radical (unpaired) electrons. The molecule has 6 nitrogen and oxygen atoms in total. The molecule has 1 aromatic heterocycles. The van der Waals surface area contributed by atoms with Gasteiger partial charge >= 0.3 is 5.63 Å². The fourth-order valence-electron chi connectivity index (χ4n) is 4.19. The van der Waals surface area contributed by atoms with Crippen molar-refractivity contribution in [3.63, 3.8) is 0 Å². The normalized spacial score (nSPS) is 15.8. The molecule has 3 aromatic rings. The maximum atomic E-state index is 12.2. The quantitative estimate of drug-likeness (QED) is 0.587. The molecule has 1 saturated heterocycles. The lowest BCUT2D eigenvalue weighted by Crippen LogP contribution is -2.42. The van der Waals surface area contributed by atoms with Gasteiger partial charge in [-0.25, -0.2) is 4.79 Å². The number of hydrogen-bond donors (Lipinski definition) is 1. The molecule has 0 bridgehead atoms. The van der Waals surface area contributed by atoms with Crippen molar-refractivity contribution < 1.29 is 13.9 Å². The Hall–Kier alpha value is -2.67.